The fourth-order valence-electron chi connectivity index (χ4n) is 2.79. The summed E-state index contributed by atoms with van der Waals surface area (Å²) in [5.41, 5.74) is 35.5. The average molecular weight is 303 g/mol. The van der Waals surface area contributed by atoms with Gasteiger partial charge in [-0.1, -0.05) is 19.3 Å². The Kier molecular flexibility index (Phi) is 12.2. The highest BCUT2D eigenvalue weighted by atomic mass is 14.9. The maximum Gasteiger partial charge on any atom is 0.0461 e. The molecule has 12 N–H and O–H groups in total. The Labute approximate surface area is 130 Å². The van der Waals surface area contributed by atoms with Gasteiger partial charge in [-0.05, 0) is 58.2 Å². The highest BCUT2D eigenvalue weighted by Crippen LogP contribution is 2.23. The molecule has 6 heteroatoms. The van der Waals surface area contributed by atoms with Crippen molar-refractivity contribution in [1.29, 1.82) is 0 Å². The molecule has 0 spiro atoms. The second kappa shape index (κ2) is 12.3. The highest BCUT2D eigenvalue weighted by molar-refractivity contribution is 5.02. The lowest BCUT2D eigenvalue weighted by Gasteiger charge is -2.41. The first-order valence-corrected chi connectivity index (χ1v) is 8.43. The molecule has 0 aromatic rings. The van der Waals surface area contributed by atoms with Crippen LogP contribution in [0.1, 0.15) is 57.8 Å². The number of unbranched alkanes of at least 4 members (excludes halogenated alkanes) is 3. The van der Waals surface area contributed by atoms with Crippen molar-refractivity contribution in [3.05, 3.63) is 0 Å². The van der Waals surface area contributed by atoms with E-state index < -0.39 is 5.54 Å². The van der Waals surface area contributed by atoms with Crippen molar-refractivity contribution in [2.24, 2.45) is 34.4 Å². The van der Waals surface area contributed by atoms with E-state index in [9.17, 15) is 0 Å². The van der Waals surface area contributed by atoms with Crippen molar-refractivity contribution < 1.29 is 0 Å². The molecule has 21 heavy (non-hydrogen) atoms. The predicted molar refractivity (Wildman–Crippen MR) is 91.6 cm³/mol. The second-order valence-corrected chi connectivity index (χ2v) is 6.14. The Morgan fingerprint density at radius 3 is 1.52 bits per heavy atom. The lowest BCUT2D eigenvalue weighted by molar-refractivity contribution is 0.235. The normalized spacial score (nSPS) is 17.4. The molecule has 0 aliphatic carbocycles. The van der Waals surface area contributed by atoms with Crippen LogP contribution in [0, 0.1) is 0 Å². The van der Waals surface area contributed by atoms with Gasteiger partial charge < -0.3 is 34.4 Å². The third-order valence-corrected chi connectivity index (χ3v) is 4.38. The molecule has 0 saturated heterocycles. The van der Waals surface area contributed by atoms with E-state index >= 15 is 0 Å². The molecule has 6 nitrogen and oxygen atoms in total. The molecule has 0 rings (SSSR count). The summed E-state index contributed by atoms with van der Waals surface area (Å²) in [6.07, 6.45) is 8.57. The van der Waals surface area contributed by atoms with Crippen LogP contribution in [-0.2, 0) is 0 Å². The lowest BCUT2D eigenvalue weighted by atomic mass is 9.76. The van der Waals surface area contributed by atoms with Gasteiger partial charge >= 0.3 is 0 Å². The van der Waals surface area contributed by atoms with Gasteiger partial charge in [0.25, 0.3) is 0 Å². The van der Waals surface area contributed by atoms with Crippen molar-refractivity contribution >= 4 is 0 Å². The summed E-state index contributed by atoms with van der Waals surface area (Å²) in [5, 5.41) is 0. The zero-order valence-electron chi connectivity index (χ0n) is 13.6. The molecule has 0 saturated carbocycles. The van der Waals surface area contributed by atoms with Gasteiger partial charge in [0, 0.05) is 17.6 Å². The van der Waals surface area contributed by atoms with Crippen molar-refractivity contribution in [2.75, 3.05) is 19.6 Å². The van der Waals surface area contributed by atoms with E-state index in [1.807, 2.05) is 0 Å². The number of rotatable bonds is 14. The third-order valence-electron chi connectivity index (χ3n) is 4.38. The van der Waals surface area contributed by atoms with Gasteiger partial charge in [-0.25, -0.2) is 0 Å². The Hall–Kier alpha value is -0.240. The van der Waals surface area contributed by atoms with E-state index in [0.29, 0.717) is 13.1 Å². The highest BCUT2D eigenvalue weighted by Gasteiger charge is 2.37. The van der Waals surface area contributed by atoms with E-state index in [4.69, 9.17) is 34.4 Å². The van der Waals surface area contributed by atoms with Crippen LogP contribution in [0.4, 0.5) is 0 Å². The molecule has 3 unspecified atom stereocenters. The van der Waals surface area contributed by atoms with Gasteiger partial charge in [0.2, 0.25) is 0 Å². The maximum atomic E-state index is 6.61. The lowest BCUT2D eigenvalue weighted by Crippen LogP contribution is -2.65. The third kappa shape index (κ3) is 8.09. The minimum Gasteiger partial charge on any atom is -0.330 e. The zero-order valence-corrected chi connectivity index (χ0v) is 13.6. The molecule has 0 aromatic carbocycles. The number of hydrogen-bond donors (Lipinski definition) is 6. The first-order chi connectivity index (χ1) is 10.0. The fourth-order valence-corrected chi connectivity index (χ4v) is 2.79. The molecular weight excluding hydrogens is 264 g/mol. The van der Waals surface area contributed by atoms with E-state index in [2.05, 4.69) is 0 Å². The molecule has 0 fully saturated rings. The topological polar surface area (TPSA) is 156 Å². The molecule has 0 bridgehead atoms. The number of hydrogen-bond acceptors (Lipinski definition) is 6. The molecule has 0 radical (unpaired) electrons. The molecule has 128 valence electrons. The van der Waals surface area contributed by atoms with Crippen LogP contribution in [0.3, 0.4) is 0 Å². The minimum absolute atomic E-state index is 0.0882. The van der Waals surface area contributed by atoms with E-state index in [1.165, 1.54) is 0 Å². The predicted octanol–water partition coefficient (Wildman–Crippen LogP) is -0.274. The smallest absolute Gasteiger partial charge is 0.0461 e. The van der Waals surface area contributed by atoms with Gasteiger partial charge in [0.15, 0.2) is 0 Å². The van der Waals surface area contributed by atoms with Gasteiger partial charge in [-0.15, -0.1) is 0 Å². The maximum absolute atomic E-state index is 6.61. The summed E-state index contributed by atoms with van der Waals surface area (Å²) in [5.74, 6) is 0. The largest absolute Gasteiger partial charge is 0.330 e. The summed E-state index contributed by atoms with van der Waals surface area (Å²) >= 11 is 0. The van der Waals surface area contributed by atoms with Crippen LogP contribution in [-0.4, -0.2) is 37.3 Å². The molecule has 0 aliphatic heterocycles. The Balaban J connectivity index is 4.48. The zero-order chi connectivity index (χ0) is 16.1. The Morgan fingerprint density at radius 2 is 1.05 bits per heavy atom. The summed E-state index contributed by atoms with van der Waals surface area (Å²) in [7, 11) is 0. The quantitative estimate of drug-likeness (QED) is 0.242. The van der Waals surface area contributed by atoms with Gasteiger partial charge in [-0.2, -0.15) is 0 Å². The monoisotopic (exact) mass is 302 g/mol. The van der Waals surface area contributed by atoms with E-state index in [-0.39, 0.29) is 12.1 Å². The molecular formula is C15H38N6. The minimum atomic E-state index is -0.531. The second-order valence-electron chi connectivity index (χ2n) is 6.14. The first kappa shape index (κ1) is 20.8. The molecule has 0 amide bonds. The van der Waals surface area contributed by atoms with Gasteiger partial charge in [0.1, 0.15) is 0 Å². The van der Waals surface area contributed by atoms with Crippen LogP contribution >= 0.6 is 0 Å². The molecule has 0 aromatic heterocycles. The summed E-state index contributed by atoms with van der Waals surface area (Å²) < 4.78 is 0. The van der Waals surface area contributed by atoms with Crippen LogP contribution < -0.4 is 34.4 Å². The van der Waals surface area contributed by atoms with Gasteiger partial charge in [-0.3, -0.25) is 0 Å². The molecule has 0 heterocycles. The van der Waals surface area contributed by atoms with Crippen LogP contribution in [0.15, 0.2) is 0 Å². The van der Waals surface area contributed by atoms with E-state index in [1.54, 1.807) is 0 Å². The van der Waals surface area contributed by atoms with Crippen molar-refractivity contribution in [3.8, 4) is 0 Å². The summed E-state index contributed by atoms with van der Waals surface area (Å²) in [6.45, 7) is 2.04. The Bertz CT molecular complexity index is 238. The van der Waals surface area contributed by atoms with Crippen LogP contribution in [0.2, 0.25) is 0 Å². The Morgan fingerprint density at radius 1 is 0.619 bits per heavy atom. The van der Waals surface area contributed by atoms with Crippen LogP contribution in [0.5, 0.6) is 0 Å². The fraction of sp³-hybridized carbons (Fsp3) is 1.00. The first-order valence-electron chi connectivity index (χ1n) is 8.43. The van der Waals surface area contributed by atoms with Crippen molar-refractivity contribution in [1.82, 2.24) is 0 Å². The molecule has 0 aliphatic rings. The average Bonchev–Trinajstić information content (AvgIpc) is 2.48. The summed E-state index contributed by atoms with van der Waals surface area (Å²) in [6, 6.07) is -0.185. The summed E-state index contributed by atoms with van der Waals surface area (Å²) in [4.78, 5) is 0. The van der Waals surface area contributed by atoms with Crippen molar-refractivity contribution in [3.63, 3.8) is 0 Å². The van der Waals surface area contributed by atoms with Gasteiger partial charge in [0.05, 0.1) is 0 Å². The van der Waals surface area contributed by atoms with E-state index in [0.717, 1.165) is 64.3 Å². The van der Waals surface area contributed by atoms with Crippen LogP contribution in [0.25, 0.3) is 0 Å². The molecule has 3 atom stereocenters. The van der Waals surface area contributed by atoms with Crippen molar-refractivity contribution in [2.45, 2.75) is 75.4 Å². The number of nitrogens with two attached hydrogens (primary N) is 6. The standard InChI is InChI=1S/C15H38N6/c16-10-4-1-2-7-13(19)15(21,9-6-12-18)14(20)8-3-5-11-17/h13-14H,1-12,16-21H2. The SMILES string of the molecule is NCCCCCC(N)C(N)(CCCN)C(N)CCCCN.